The zero-order chi connectivity index (χ0) is 11.4. The largest absolute Gasteiger partial charge is 0.480 e. The molecular weight excluding hydrogens is 278 g/mol. The molecule has 0 aliphatic rings. The molecule has 0 spiro atoms. The second-order valence-electron chi connectivity index (χ2n) is 2.41. The molecule has 82 valence electrons. The first-order valence-electron chi connectivity index (χ1n) is 3.72. The molecule has 0 radical (unpaired) electrons. The zero-order valence-corrected chi connectivity index (χ0v) is 8.78. The zero-order valence-electron chi connectivity index (χ0n) is 7.19. The van der Waals surface area contributed by atoms with Gasteiger partial charge >= 0.3 is 5.82 Å². The molecule has 8 heteroatoms. The van der Waals surface area contributed by atoms with E-state index >= 15 is 0 Å². The van der Waals surface area contributed by atoms with E-state index in [-0.39, 0.29) is 10.4 Å². The van der Waals surface area contributed by atoms with E-state index in [4.69, 9.17) is 0 Å². The third-order valence-corrected chi connectivity index (χ3v) is 1.78. The fraction of sp³-hybridized carbons (Fsp3) is 0.286. The van der Waals surface area contributed by atoms with Crippen LogP contribution >= 0.6 is 15.9 Å². The Morgan fingerprint density at radius 1 is 1.60 bits per heavy atom. The van der Waals surface area contributed by atoms with E-state index in [2.05, 4.69) is 25.7 Å². The third kappa shape index (κ3) is 3.39. The number of hydrogen-bond acceptors (Lipinski definition) is 4. The third-order valence-electron chi connectivity index (χ3n) is 1.34. The van der Waals surface area contributed by atoms with Crippen LogP contribution in [0.3, 0.4) is 0 Å². The summed E-state index contributed by atoms with van der Waals surface area (Å²) in [5.74, 6) is -0.867. The van der Waals surface area contributed by atoms with E-state index in [1.54, 1.807) is 0 Å². The van der Waals surface area contributed by atoms with E-state index < -0.39 is 23.8 Å². The summed E-state index contributed by atoms with van der Waals surface area (Å²) >= 11 is 2.93. The highest BCUT2D eigenvalue weighted by molar-refractivity contribution is 9.10. The quantitative estimate of drug-likeness (QED) is 0.483. The predicted molar refractivity (Wildman–Crippen MR) is 50.1 cm³/mol. The summed E-state index contributed by atoms with van der Waals surface area (Å²) in [6, 6.07) is 2.57. The number of halogens is 3. The fourth-order valence-electron chi connectivity index (χ4n) is 0.809. The van der Waals surface area contributed by atoms with Crippen LogP contribution in [0.5, 0.6) is 5.75 Å². The molecule has 0 aliphatic carbocycles. The fourth-order valence-corrected chi connectivity index (χ4v) is 1.11. The molecule has 5 nitrogen and oxygen atoms in total. The lowest BCUT2D eigenvalue weighted by Crippen LogP contribution is -2.08. The molecule has 0 N–H and O–H groups in total. The summed E-state index contributed by atoms with van der Waals surface area (Å²) in [5, 5.41) is 10.5. The summed E-state index contributed by atoms with van der Waals surface area (Å²) in [4.78, 5) is 13.2. The molecule has 0 saturated carbocycles. The predicted octanol–water partition coefficient (Wildman–Crippen LogP) is 2.40. The van der Waals surface area contributed by atoms with Crippen molar-refractivity contribution >= 4 is 21.7 Å². The molecular formula is C7H5BrF2N2O3. The van der Waals surface area contributed by atoms with E-state index in [0.717, 1.165) is 0 Å². The summed E-state index contributed by atoms with van der Waals surface area (Å²) in [6.45, 7) is -0.899. The maximum atomic E-state index is 11.8. The Balaban J connectivity index is 2.91. The van der Waals surface area contributed by atoms with Crippen molar-refractivity contribution < 1.29 is 18.4 Å². The highest BCUT2D eigenvalue weighted by Gasteiger charge is 2.19. The Labute approximate surface area is 91.3 Å². The molecule has 0 saturated heterocycles. The van der Waals surface area contributed by atoms with Gasteiger partial charge in [0.05, 0.1) is 0 Å². The van der Waals surface area contributed by atoms with Crippen LogP contribution in [0.25, 0.3) is 0 Å². The molecule has 1 aromatic heterocycles. The number of pyridine rings is 1. The average molecular weight is 283 g/mol. The van der Waals surface area contributed by atoms with Gasteiger partial charge in [0.25, 0.3) is 6.43 Å². The van der Waals surface area contributed by atoms with Crippen molar-refractivity contribution in [2.24, 2.45) is 0 Å². The normalized spacial score (nSPS) is 10.4. The molecule has 15 heavy (non-hydrogen) atoms. The number of rotatable bonds is 4. The van der Waals surface area contributed by atoms with E-state index in [9.17, 15) is 18.9 Å². The number of aromatic nitrogens is 1. The number of ether oxygens (including phenoxy) is 1. The van der Waals surface area contributed by atoms with Gasteiger partial charge in [-0.15, -0.1) is 0 Å². The van der Waals surface area contributed by atoms with Gasteiger partial charge in [0, 0.05) is 22.0 Å². The first-order chi connectivity index (χ1) is 7.00. The second-order valence-corrected chi connectivity index (χ2v) is 3.23. The van der Waals surface area contributed by atoms with E-state index in [1.807, 2.05) is 0 Å². The van der Waals surface area contributed by atoms with Crippen LogP contribution in [0.1, 0.15) is 0 Å². The summed E-state index contributed by atoms with van der Waals surface area (Å²) in [7, 11) is 0. The SMILES string of the molecule is O=[N+]([O-])c1nc(Br)ccc1OCC(F)F. The Morgan fingerprint density at radius 2 is 2.27 bits per heavy atom. The Morgan fingerprint density at radius 3 is 2.80 bits per heavy atom. The first-order valence-corrected chi connectivity index (χ1v) is 4.52. The number of nitro groups is 1. The monoisotopic (exact) mass is 282 g/mol. The van der Waals surface area contributed by atoms with Crippen LogP contribution in [-0.2, 0) is 0 Å². The molecule has 0 fully saturated rings. The lowest BCUT2D eigenvalue weighted by molar-refractivity contribution is -0.390. The Kier molecular flexibility index (Phi) is 3.89. The minimum Gasteiger partial charge on any atom is -0.480 e. The van der Waals surface area contributed by atoms with Crippen molar-refractivity contribution in [3.05, 3.63) is 26.9 Å². The molecule has 0 bridgehead atoms. The second kappa shape index (κ2) is 4.96. The summed E-state index contributed by atoms with van der Waals surface area (Å²) in [6.07, 6.45) is -2.69. The van der Waals surface area contributed by atoms with Crippen molar-refractivity contribution in [3.8, 4) is 5.75 Å². The van der Waals surface area contributed by atoms with Gasteiger partial charge in [-0.3, -0.25) is 0 Å². The average Bonchev–Trinajstić information content (AvgIpc) is 2.15. The van der Waals surface area contributed by atoms with E-state index in [0.29, 0.717) is 0 Å². The highest BCUT2D eigenvalue weighted by Crippen LogP contribution is 2.26. The molecule has 0 amide bonds. The van der Waals surface area contributed by atoms with Gasteiger partial charge in [-0.25, -0.2) is 8.78 Å². The van der Waals surface area contributed by atoms with Gasteiger partial charge in [0.15, 0.2) is 0 Å². The molecule has 1 heterocycles. The maximum Gasteiger partial charge on any atom is 0.407 e. The van der Waals surface area contributed by atoms with Crippen LogP contribution in [0.4, 0.5) is 14.6 Å². The summed E-state index contributed by atoms with van der Waals surface area (Å²) < 4.78 is 28.4. The minimum absolute atomic E-state index is 0.235. The smallest absolute Gasteiger partial charge is 0.407 e. The van der Waals surface area contributed by atoms with Crippen LogP contribution in [-0.4, -0.2) is 22.9 Å². The van der Waals surface area contributed by atoms with Gasteiger partial charge in [0.1, 0.15) is 6.61 Å². The maximum absolute atomic E-state index is 11.8. The topological polar surface area (TPSA) is 65.3 Å². The van der Waals surface area contributed by atoms with Gasteiger partial charge in [-0.2, -0.15) is 0 Å². The highest BCUT2D eigenvalue weighted by atomic mass is 79.9. The molecule has 1 aromatic rings. The first kappa shape index (κ1) is 11.8. The number of hydrogen-bond donors (Lipinski definition) is 0. The molecule has 0 unspecified atom stereocenters. The van der Waals surface area contributed by atoms with Crippen LogP contribution < -0.4 is 4.74 Å². The molecule has 1 rings (SSSR count). The molecule has 0 atom stereocenters. The summed E-state index contributed by atoms with van der Waals surface area (Å²) in [5.41, 5.74) is 0. The van der Waals surface area contributed by atoms with Gasteiger partial charge in [-0.1, -0.05) is 0 Å². The number of alkyl halides is 2. The Hall–Kier alpha value is -1.31. The van der Waals surface area contributed by atoms with Gasteiger partial charge < -0.3 is 14.9 Å². The van der Waals surface area contributed by atoms with Crippen molar-refractivity contribution in [2.45, 2.75) is 6.43 Å². The van der Waals surface area contributed by atoms with E-state index in [1.165, 1.54) is 12.1 Å². The standard InChI is InChI=1S/C7H5BrF2N2O3/c8-5-2-1-4(15-3-6(9)10)7(11-5)12(13)14/h1-2,6H,3H2. The van der Waals surface area contributed by atoms with Crippen molar-refractivity contribution in [1.82, 2.24) is 4.98 Å². The number of nitrogens with zero attached hydrogens (tertiary/aromatic N) is 2. The molecule has 0 aliphatic heterocycles. The Bertz CT molecular complexity index is 375. The molecule has 0 aromatic carbocycles. The van der Waals surface area contributed by atoms with Crippen LogP contribution in [0.2, 0.25) is 0 Å². The minimum atomic E-state index is -2.69. The van der Waals surface area contributed by atoms with Crippen molar-refractivity contribution in [3.63, 3.8) is 0 Å². The van der Waals surface area contributed by atoms with Crippen molar-refractivity contribution in [1.29, 1.82) is 0 Å². The van der Waals surface area contributed by atoms with Crippen LogP contribution in [0.15, 0.2) is 16.7 Å². The van der Waals surface area contributed by atoms with Crippen molar-refractivity contribution in [2.75, 3.05) is 6.61 Å². The van der Waals surface area contributed by atoms with Gasteiger partial charge in [0.2, 0.25) is 10.4 Å². The van der Waals surface area contributed by atoms with Gasteiger partial charge in [-0.05, 0) is 16.0 Å². The van der Waals surface area contributed by atoms with Crippen LogP contribution in [0, 0.1) is 10.1 Å². The lowest BCUT2D eigenvalue weighted by atomic mass is 10.4. The lowest BCUT2D eigenvalue weighted by Gasteiger charge is -2.04.